The summed E-state index contributed by atoms with van der Waals surface area (Å²) in [6, 6.07) is 3.33. The van der Waals surface area contributed by atoms with Crippen molar-refractivity contribution in [3.63, 3.8) is 0 Å². The molecule has 0 aliphatic heterocycles. The molecule has 0 aromatic carbocycles. The van der Waals surface area contributed by atoms with E-state index in [1.807, 2.05) is 0 Å². The lowest BCUT2D eigenvalue weighted by Crippen LogP contribution is -2.32. The van der Waals surface area contributed by atoms with Gasteiger partial charge in [0.2, 0.25) is 5.75 Å². The third-order valence-electron chi connectivity index (χ3n) is 4.34. The van der Waals surface area contributed by atoms with E-state index in [4.69, 9.17) is 0 Å². The first-order chi connectivity index (χ1) is 11.6. The number of amides is 1. The summed E-state index contributed by atoms with van der Waals surface area (Å²) in [6.07, 6.45) is 8.92. The largest absolute Gasteiger partial charge is 0.501 e. The number of carbonyl (C=O) groups is 1. The molecule has 7 heteroatoms. The van der Waals surface area contributed by atoms with Crippen molar-refractivity contribution < 1.29 is 9.90 Å². The number of aromatic amines is 1. The maximum atomic E-state index is 12.3. The fourth-order valence-electron chi connectivity index (χ4n) is 2.98. The van der Waals surface area contributed by atoms with Gasteiger partial charge in [-0.3, -0.25) is 14.6 Å². The highest BCUT2D eigenvalue weighted by molar-refractivity contribution is 5.95. The molecule has 3 rings (SSSR count). The summed E-state index contributed by atoms with van der Waals surface area (Å²) >= 11 is 0. The van der Waals surface area contributed by atoms with Gasteiger partial charge in [0, 0.05) is 24.5 Å². The normalized spacial score (nSPS) is 15.2. The lowest BCUT2D eigenvalue weighted by molar-refractivity contribution is 0.0935. The van der Waals surface area contributed by atoms with E-state index in [1.165, 1.54) is 19.3 Å². The lowest BCUT2D eigenvalue weighted by atomic mass is 9.89. The highest BCUT2D eigenvalue weighted by atomic mass is 16.3. The number of hydrogen-bond acceptors (Lipinski definition) is 5. The molecule has 2 aromatic rings. The smallest absolute Gasteiger partial charge is 0.294 e. The van der Waals surface area contributed by atoms with Crippen LogP contribution in [0.25, 0.3) is 11.4 Å². The first-order valence-corrected chi connectivity index (χ1v) is 8.17. The van der Waals surface area contributed by atoms with Gasteiger partial charge in [0.1, 0.15) is 5.82 Å². The van der Waals surface area contributed by atoms with Gasteiger partial charge in [0.05, 0.1) is 0 Å². The third kappa shape index (κ3) is 3.61. The molecule has 2 aromatic heterocycles. The summed E-state index contributed by atoms with van der Waals surface area (Å²) in [5, 5.41) is 12.7. The summed E-state index contributed by atoms with van der Waals surface area (Å²) in [7, 11) is 0. The molecule has 7 nitrogen and oxygen atoms in total. The Bertz CT molecular complexity index is 767. The zero-order valence-corrected chi connectivity index (χ0v) is 13.3. The van der Waals surface area contributed by atoms with E-state index in [9.17, 15) is 14.7 Å². The quantitative estimate of drug-likeness (QED) is 0.794. The van der Waals surface area contributed by atoms with Crippen molar-refractivity contribution in [3.8, 4) is 17.1 Å². The standard InChI is InChI=1S/C17H20N4O3/c22-14-13(16(23)19-10-11-4-2-1-3-5-11)20-15(21-17(14)24)12-6-8-18-9-7-12/h6-9,11,22H,1-5,10H2,(H,19,23)(H,20,21,24). The summed E-state index contributed by atoms with van der Waals surface area (Å²) < 4.78 is 0. The number of rotatable bonds is 4. The van der Waals surface area contributed by atoms with Gasteiger partial charge in [-0.15, -0.1) is 0 Å². The number of nitrogens with one attached hydrogen (secondary N) is 2. The molecule has 0 saturated heterocycles. The minimum absolute atomic E-state index is 0.225. The van der Waals surface area contributed by atoms with Crippen LogP contribution >= 0.6 is 0 Å². The van der Waals surface area contributed by atoms with Crippen LogP contribution in [0.5, 0.6) is 5.75 Å². The number of aromatic nitrogens is 3. The molecular formula is C17H20N4O3. The highest BCUT2D eigenvalue weighted by Crippen LogP contribution is 2.23. The van der Waals surface area contributed by atoms with Crippen LogP contribution in [-0.4, -0.2) is 32.5 Å². The van der Waals surface area contributed by atoms with Crippen LogP contribution in [0.15, 0.2) is 29.3 Å². The number of nitrogens with zero attached hydrogens (tertiary/aromatic N) is 2. The predicted molar refractivity (Wildman–Crippen MR) is 88.7 cm³/mol. The van der Waals surface area contributed by atoms with Crippen molar-refractivity contribution in [1.29, 1.82) is 0 Å². The molecule has 126 valence electrons. The van der Waals surface area contributed by atoms with E-state index >= 15 is 0 Å². The van der Waals surface area contributed by atoms with Gasteiger partial charge in [0.25, 0.3) is 11.5 Å². The molecule has 1 aliphatic rings. The van der Waals surface area contributed by atoms with E-state index in [-0.39, 0.29) is 11.5 Å². The summed E-state index contributed by atoms with van der Waals surface area (Å²) in [5.41, 5.74) is -0.371. The van der Waals surface area contributed by atoms with E-state index < -0.39 is 17.2 Å². The SMILES string of the molecule is O=C(NCC1CCCCC1)c1nc(-c2ccncc2)[nH]c(=O)c1O. The average Bonchev–Trinajstić information content (AvgIpc) is 2.63. The molecular weight excluding hydrogens is 308 g/mol. The molecule has 0 spiro atoms. The summed E-state index contributed by atoms with van der Waals surface area (Å²) in [5.74, 6) is -0.511. The fourth-order valence-corrected chi connectivity index (χ4v) is 2.98. The number of hydrogen-bond donors (Lipinski definition) is 3. The van der Waals surface area contributed by atoms with Crippen LogP contribution in [-0.2, 0) is 0 Å². The van der Waals surface area contributed by atoms with Crippen LogP contribution in [0.3, 0.4) is 0 Å². The van der Waals surface area contributed by atoms with Gasteiger partial charge in [-0.25, -0.2) is 4.98 Å². The van der Waals surface area contributed by atoms with Crippen molar-refractivity contribution >= 4 is 5.91 Å². The van der Waals surface area contributed by atoms with Crippen LogP contribution in [0.1, 0.15) is 42.6 Å². The van der Waals surface area contributed by atoms with Crippen LogP contribution in [0, 0.1) is 5.92 Å². The Morgan fingerprint density at radius 1 is 1.25 bits per heavy atom. The number of aromatic hydroxyl groups is 1. The fraction of sp³-hybridized carbons (Fsp3) is 0.412. The molecule has 2 heterocycles. The second kappa shape index (κ2) is 7.25. The predicted octanol–water partition coefficient (Wildman–Crippen LogP) is 1.85. The Hall–Kier alpha value is -2.70. The van der Waals surface area contributed by atoms with E-state index in [2.05, 4.69) is 20.3 Å². The summed E-state index contributed by atoms with van der Waals surface area (Å²) in [4.78, 5) is 34.7. The minimum atomic E-state index is -0.736. The number of pyridine rings is 1. The van der Waals surface area contributed by atoms with Crippen molar-refractivity contribution in [1.82, 2.24) is 20.3 Å². The second-order valence-electron chi connectivity index (χ2n) is 6.06. The molecule has 0 radical (unpaired) electrons. The molecule has 3 N–H and O–H groups in total. The lowest BCUT2D eigenvalue weighted by Gasteiger charge is -2.21. The van der Waals surface area contributed by atoms with Crippen molar-refractivity contribution in [2.24, 2.45) is 5.92 Å². The Balaban J connectivity index is 1.80. The Morgan fingerprint density at radius 2 is 1.96 bits per heavy atom. The average molecular weight is 328 g/mol. The Labute approximate surface area is 139 Å². The van der Waals surface area contributed by atoms with Gasteiger partial charge in [-0.1, -0.05) is 19.3 Å². The second-order valence-corrected chi connectivity index (χ2v) is 6.06. The Morgan fingerprint density at radius 3 is 2.67 bits per heavy atom. The van der Waals surface area contributed by atoms with Crippen molar-refractivity contribution in [3.05, 3.63) is 40.6 Å². The molecule has 24 heavy (non-hydrogen) atoms. The Kier molecular flexibility index (Phi) is 4.88. The van der Waals surface area contributed by atoms with Crippen LogP contribution < -0.4 is 10.9 Å². The van der Waals surface area contributed by atoms with E-state index in [0.29, 0.717) is 18.0 Å². The molecule has 1 amide bonds. The molecule has 0 unspecified atom stereocenters. The number of carbonyl (C=O) groups excluding carboxylic acids is 1. The number of H-pyrrole nitrogens is 1. The van der Waals surface area contributed by atoms with Gasteiger partial charge in [-0.2, -0.15) is 0 Å². The zero-order valence-electron chi connectivity index (χ0n) is 13.3. The third-order valence-corrected chi connectivity index (χ3v) is 4.34. The van der Waals surface area contributed by atoms with Crippen molar-refractivity contribution in [2.75, 3.05) is 6.54 Å². The first-order valence-electron chi connectivity index (χ1n) is 8.17. The summed E-state index contributed by atoms with van der Waals surface area (Å²) in [6.45, 7) is 0.539. The molecule has 1 saturated carbocycles. The van der Waals surface area contributed by atoms with Gasteiger partial charge in [0.15, 0.2) is 5.69 Å². The maximum absolute atomic E-state index is 12.3. The van der Waals surface area contributed by atoms with E-state index in [1.54, 1.807) is 24.5 Å². The molecule has 0 atom stereocenters. The first kappa shape index (κ1) is 16.2. The van der Waals surface area contributed by atoms with Crippen LogP contribution in [0.4, 0.5) is 0 Å². The highest BCUT2D eigenvalue weighted by Gasteiger charge is 2.20. The monoisotopic (exact) mass is 328 g/mol. The molecule has 1 aliphatic carbocycles. The van der Waals surface area contributed by atoms with Crippen molar-refractivity contribution in [2.45, 2.75) is 32.1 Å². The topological polar surface area (TPSA) is 108 Å². The van der Waals surface area contributed by atoms with Gasteiger partial charge < -0.3 is 15.4 Å². The zero-order chi connectivity index (χ0) is 16.9. The minimum Gasteiger partial charge on any atom is -0.501 e. The maximum Gasteiger partial charge on any atom is 0.294 e. The van der Waals surface area contributed by atoms with Gasteiger partial charge in [-0.05, 0) is 30.9 Å². The van der Waals surface area contributed by atoms with Gasteiger partial charge >= 0.3 is 0 Å². The van der Waals surface area contributed by atoms with Crippen LogP contribution in [0.2, 0.25) is 0 Å². The van der Waals surface area contributed by atoms with E-state index in [0.717, 1.165) is 12.8 Å². The molecule has 1 fully saturated rings. The molecule has 0 bridgehead atoms.